The van der Waals surface area contributed by atoms with E-state index >= 15 is 0 Å². The molecule has 0 spiro atoms. The van der Waals surface area contributed by atoms with Gasteiger partial charge in [0.05, 0.1) is 19.3 Å². The van der Waals surface area contributed by atoms with Crippen molar-refractivity contribution in [2.45, 2.75) is 38.8 Å². The maximum atomic E-state index is 12.0. The Labute approximate surface area is 113 Å². The van der Waals surface area contributed by atoms with Crippen LogP contribution in [0.5, 0.6) is 0 Å². The Balaban J connectivity index is 2.83. The number of likely N-dealkylation sites (N-methyl/N-ethyl adjacent to an activating group) is 1. The number of ether oxygens (including phenoxy) is 1. The van der Waals surface area contributed by atoms with Crippen LogP contribution < -0.4 is 16.6 Å². The Kier molecular flexibility index (Phi) is 6.75. The van der Waals surface area contributed by atoms with Gasteiger partial charge in [-0.1, -0.05) is 13.3 Å². The van der Waals surface area contributed by atoms with Crippen LogP contribution in [0.2, 0.25) is 0 Å². The van der Waals surface area contributed by atoms with Crippen LogP contribution in [0, 0.1) is 0 Å². The van der Waals surface area contributed by atoms with Crippen molar-refractivity contribution in [3.63, 3.8) is 0 Å². The summed E-state index contributed by atoms with van der Waals surface area (Å²) in [6, 6.07) is -0.811. The average Bonchev–Trinajstić information content (AvgIpc) is 2.44. The molecule has 2 unspecified atom stereocenters. The largest absolute Gasteiger partial charge is 0.378 e. The number of nitrogens with two attached hydrogens (primary N) is 1. The highest BCUT2D eigenvalue weighted by molar-refractivity contribution is 5.85. The number of morpholine rings is 1. The van der Waals surface area contributed by atoms with Gasteiger partial charge in [-0.05, 0) is 13.3 Å². The molecule has 1 rings (SSSR count). The first-order chi connectivity index (χ1) is 9.15. The molecule has 1 fully saturated rings. The van der Waals surface area contributed by atoms with E-state index in [0.29, 0.717) is 32.7 Å². The van der Waals surface area contributed by atoms with Gasteiger partial charge in [0.2, 0.25) is 5.91 Å². The molecule has 0 aliphatic carbocycles. The van der Waals surface area contributed by atoms with Gasteiger partial charge in [0.15, 0.2) is 0 Å². The monoisotopic (exact) mass is 272 g/mol. The lowest BCUT2D eigenvalue weighted by atomic mass is 10.1. The molecule has 110 valence electrons. The Bertz CT molecular complexity index is 311. The Morgan fingerprint density at radius 2 is 2.21 bits per heavy atom. The van der Waals surface area contributed by atoms with Crippen molar-refractivity contribution in [2.24, 2.45) is 5.84 Å². The van der Waals surface area contributed by atoms with Crippen LogP contribution in [-0.4, -0.2) is 55.1 Å². The second kappa shape index (κ2) is 8.08. The number of carbonyl (C=O) groups is 2. The van der Waals surface area contributed by atoms with Gasteiger partial charge in [-0.25, -0.2) is 5.84 Å². The van der Waals surface area contributed by atoms with Crippen molar-refractivity contribution >= 4 is 11.8 Å². The first-order valence-electron chi connectivity index (χ1n) is 6.77. The van der Waals surface area contributed by atoms with Gasteiger partial charge >= 0.3 is 0 Å². The third-order valence-electron chi connectivity index (χ3n) is 3.23. The zero-order valence-electron chi connectivity index (χ0n) is 11.6. The lowest BCUT2D eigenvalue weighted by Crippen LogP contribution is -2.61. The molecule has 7 heteroatoms. The van der Waals surface area contributed by atoms with Gasteiger partial charge in [-0.15, -0.1) is 0 Å². The van der Waals surface area contributed by atoms with Crippen LogP contribution in [0.3, 0.4) is 0 Å². The highest BCUT2D eigenvalue weighted by Gasteiger charge is 2.36. The van der Waals surface area contributed by atoms with E-state index in [4.69, 9.17) is 10.6 Å². The third kappa shape index (κ3) is 4.15. The molecule has 2 amide bonds. The summed E-state index contributed by atoms with van der Waals surface area (Å²) in [5.74, 6) is 4.88. The highest BCUT2D eigenvalue weighted by Crippen LogP contribution is 2.15. The van der Waals surface area contributed by atoms with E-state index < -0.39 is 6.04 Å². The fraction of sp³-hybridized carbons (Fsp3) is 0.833. The first-order valence-corrected chi connectivity index (χ1v) is 6.77. The number of hydrazine groups is 1. The summed E-state index contributed by atoms with van der Waals surface area (Å²) in [7, 11) is 0. The van der Waals surface area contributed by atoms with E-state index in [1.807, 2.05) is 18.7 Å². The average molecular weight is 272 g/mol. The Morgan fingerprint density at radius 1 is 1.47 bits per heavy atom. The molecule has 0 radical (unpaired) electrons. The van der Waals surface area contributed by atoms with Crippen molar-refractivity contribution in [3.05, 3.63) is 0 Å². The number of carbonyl (C=O) groups excluding carboxylic acids is 2. The van der Waals surface area contributed by atoms with Crippen LogP contribution >= 0.6 is 0 Å². The summed E-state index contributed by atoms with van der Waals surface area (Å²) in [6.07, 6.45) is 1.51. The quantitative estimate of drug-likeness (QED) is 0.327. The zero-order chi connectivity index (χ0) is 14.3. The third-order valence-corrected chi connectivity index (χ3v) is 3.23. The number of nitrogens with zero attached hydrogens (tertiary/aromatic N) is 1. The van der Waals surface area contributed by atoms with Crippen LogP contribution in [0.25, 0.3) is 0 Å². The van der Waals surface area contributed by atoms with E-state index in [0.717, 1.165) is 6.42 Å². The summed E-state index contributed by atoms with van der Waals surface area (Å²) < 4.78 is 5.36. The van der Waals surface area contributed by atoms with E-state index in [9.17, 15) is 9.59 Å². The van der Waals surface area contributed by atoms with Gasteiger partial charge in [-0.2, -0.15) is 0 Å². The highest BCUT2D eigenvalue weighted by atomic mass is 16.5. The van der Waals surface area contributed by atoms with E-state index in [2.05, 4.69) is 10.7 Å². The van der Waals surface area contributed by atoms with Crippen molar-refractivity contribution in [3.8, 4) is 0 Å². The molecule has 0 aromatic carbocycles. The predicted octanol–water partition coefficient (Wildman–Crippen LogP) is -1.02. The number of hydrogen-bond acceptors (Lipinski definition) is 5. The maximum Gasteiger partial charge on any atom is 0.251 e. The minimum Gasteiger partial charge on any atom is -0.378 e. The SMILES string of the molecule is CCCC(C(=O)NN)N1CCOCC1C(=O)NCC. The molecule has 0 aromatic rings. The van der Waals surface area contributed by atoms with Crippen LogP contribution in [0.15, 0.2) is 0 Å². The Hall–Kier alpha value is -1.18. The molecule has 1 heterocycles. The van der Waals surface area contributed by atoms with Crippen molar-refractivity contribution in [1.82, 2.24) is 15.6 Å². The van der Waals surface area contributed by atoms with Gasteiger partial charge in [0.1, 0.15) is 6.04 Å². The number of amides is 2. The summed E-state index contributed by atoms with van der Waals surface area (Å²) >= 11 is 0. The lowest BCUT2D eigenvalue weighted by Gasteiger charge is -2.39. The standard InChI is InChI=1S/C12H24N4O3/c1-3-5-9(12(18)15-13)16-6-7-19-8-10(16)11(17)14-4-2/h9-10H,3-8,13H2,1-2H3,(H,14,17)(H,15,18). The van der Waals surface area contributed by atoms with Crippen LogP contribution in [0.1, 0.15) is 26.7 Å². The smallest absolute Gasteiger partial charge is 0.251 e. The minimum atomic E-state index is -0.428. The molecule has 0 saturated carbocycles. The molecule has 1 aliphatic heterocycles. The summed E-state index contributed by atoms with van der Waals surface area (Å²) in [5.41, 5.74) is 2.19. The van der Waals surface area contributed by atoms with E-state index in [1.165, 1.54) is 0 Å². The second-order valence-corrected chi connectivity index (χ2v) is 4.54. The summed E-state index contributed by atoms with van der Waals surface area (Å²) in [4.78, 5) is 25.8. The first kappa shape index (κ1) is 15.9. The lowest BCUT2D eigenvalue weighted by molar-refractivity contribution is -0.140. The predicted molar refractivity (Wildman–Crippen MR) is 71.0 cm³/mol. The van der Waals surface area contributed by atoms with Gasteiger partial charge in [0.25, 0.3) is 5.91 Å². The van der Waals surface area contributed by atoms with Gasteiger partial charge < -0.3 is 10.1 Å². The van der Waals surface area contributed by atoms with Crippen LogP contribution in [0.4, 0.5) is 0 Å². The molecule has 0 aromatic heterocycles. The minimum absolute atomic E-state index is 0.104. The number of hydrogen-bond donors (Lipinski definition) is 3. The molecule has 0 bridgehead atoms. The van der Waals surface area contributed by atoms with Gasteiger partial charge in [0, 0.05) is 13.1 Å². The van der Waals surface area contributed by atoms with Crippen molar-refractivity contribution < 1.29 is 14.3 Å². The Morgan fingerprint density at radius 3 is 2.79 bits per heavy atom. The number of rotatable bonds is 6. The van der Waals surface area contributed by atoms with E-state index in [-0.39, 0.29) is 17.9 Å². The molecular formula is C12H24N4O3. The van der Waals surface area contributed by atoms with Gasteiger partial charge in [-0.3, -0.25) is 19.9 Å². The summed E-state index contributed by atoms with van der Waals surface area (Å²) in [6.45, 7) is 5.81. The number of nitrogens with one attached hydrogen (secondary N) is 2. The zero-order valence-corrected chi connectivity index (χ0v) is 11.6. The summed E-state index contributed by atoms with van der Waals surface area (Å²) in [5, 5.41) is 2.78. The molecule has 19 heavy (non-hydrogen) atoms. The molecule has 4 N–H and O–H groups in total. The van der Waals surface area contributed by atoms with Crippen molar-refractivity contribution in [1.29, 1.82) is 0 Å². The molecule has 7 nitrogen and oxygen atoms in total. The fourth-order valence-corrected chi connectivity index (χ4v) is 2.33. The van der Waals surface area contributed by atoms with Crippen molar-refractivity contribution in [2.75, 3.05) is 26.3 Å². The molecule has 1 saturated heterocycles. The maximum absolute atomic E-state index is 12.0. The molecule has 2 atom stereocenters. The normalized spacial score (nSPS) is 21.7. The molecule has 1 aliphatic rings. The second-order valence-electron chi connectivity index (χ2n) is 4.54. The fourth-order valence-electron chi connectivity index (χ4n) is 2.33. The van der Waals surface area contributed by atoms with E-state index in [1.54, 1.807) is 0 Å². The topological polar surface area (TPSA) is 96.7 Å². The van der Waals surface area contributed by atoms with Crippen LogP contribution in [-0.2, 0) is 14.3 Å². The molecular weight excluding hydrogens is 248 g/mol.